The highest BCUT2D eigenvalue weighted by Gasteiger charge is 2.54. The zero-order valence-electron chi connectivity index (χ0n) is 20.7. The largest absolute Gasteiger partial charge is 0.355 e. The minimum absolute atomic E-state index is 0.000955. The van der Waals surface area contributed by atoms with E-state index in [-0.39, 0.29) is 17.7 Å². The van der Waals surface area contributed by atoms with E-state index in [9.17, 15) is 0 Å². The average molecular weight is 463 g/mol. The summed E-state index contributed by atoms with van der Waals surface area (Å²) in [6.45, 7) is 4.71. The molecule has 0 bridgehead atoms. The van der Waals surface area contributed by atoms with Crippen molar-refractivity contribution in [1.82, 2.24) is 14.9 Å². The summed E-state index contributed by atoms with van der Waals surface area (Å²) in [6, 6.07) is 18.0. The Labute approximate surface area is 206 Å². The van der Waals surface area contributed by atoms with Gasteiger partial charge in [-0.1, -0.05) is 50.2 Å². The second-order valence-corrected chi connectivity index (χ2v) is 9.98. The second-order valence-electron chi connectivity index (χ2n) is 9.98. The summed E-state index contributed by atoms with van der Waals surface area (Å²) < 4.78 is 0. The monoisotopic (exact) mass is 462 g/mol. The number of benzene rings is 2. The Bertz CT molecular complexity index is 1400. The van der Waals surface area contributed by atoms with Crippen molar-refractivity contribution in [3.63, 3.8) is 0 Å². The number of anilines is 4. The fourth-order valence-electron chi connectivity index (χ4n) is 7.08. The fourth-order valence-corrected chi connectivity index (χ4v) is 7.08. The summed E-state index contributed by atoms with van der Waals surface area (Å²) in [5.41, 5.74) is 9.11. The summed E-state index contributed by atoms with van der Waals surface area (Å²) in [4.78, 5) is 18.9. The van der Waals surface area contributed by atoms with Crippen molar-refractivity contribution in [2.24, 2.45) is 0 Å². The molecule has 0 saturated heterocycles. The van der Waals surface area contributed by atoms with E-state index < -0.39 is 0 Å². The van der Waals surface area contributed by atoms with E-state index in [0.29, 0.717) is 0 Å². The van der Waals surface area contributed by atoms with Crippen LogP contribution in [0.5, 0.6) is 0 Å². The van der Waals surface area contributed by atoms with Gasteiger partial charge in [0.15, 0.2) is 5.82 Å². The van der Waals surface area contributed by atoms with E-state index in [1.807, 2.05) is 6.20 Å². The molecule has 0 fully saturated rings. The van der Waals surface area contributed by atoms with Crippen LogP contribution in [0, 0.1) is 0 Å². The summed E-state index contributed by atoms with van der Waals surface area (Å²) in [5.74, 6) is 0.980. The third kappa shape index (κ3) is 2.39. The molecule has 2 atom stereocenters. The van der Waals surface area contributed by atoms with Crippen molar-refractivity contribution in [2.75, 3.05) is 28.8 Å². The van der Waals surface area contributed by atoms with E-state index in [1.165, 1.54) is 33.6 Å². The number of fused-ring (bicyclic) bond motifs is 11. The van der Waals surface area contributed by atoms with Gasteiger partial charge in [-0.25, -0.2) is 9.97 Å². The van der Waals surface area contributed by atoms with Gasteiger partial charge in [0, 0.05) is 48.7 Å². The van der Waals surface area contributed by atoms with Crippen LogP contribution in [0.4, 0.5) is 22.9 Å². The third-order valence-electron chi connectivity index (χ3n) is 8.67. The van der Waals surface area contributed by atoms with Gasteiger partial charge >= 0.3 is 0 Å². The first kappa shape index (κ1) is 20.6. The zero-order valence-corrected chi connectivity index (χ0v) is 20.7. The number of hydrogen-bond donors (Lipinski definition) is 0. The Balaban J connectivity index is 1.66. The minimum atomic E-state index is -0.115. The molecule has 4 aliphatic heterocycles. The standard InChI is InChI=1S/C29H30N6/c1-5-29(6-2)20-12-8-10-14-22(20)35-26-23(17-30-18-31-26)33(4)28(35)24-25(29)19-11-7-9-13-21(19)34-16-15-32(3)27(24)34/h7-18,27-28H,5-6H2,1-4H3. The van der Waals surface area contributed by atoms with E-state index in [1.54, 1.807) is 6.33 Å². The molecule has 0 saturated carbocycles. The van der Waals surface area contributed by atoms with Crippen molar-refractivity contribution in [3.8, 4) is 0 Å². The molecule has 5 heterocycles. The molecule has 0 amide bonds. The Kier molecular flexibility index (Phi) is 4.17. The van der Waals surface area contributed by atoms with Crippen LogP contribution in [0.1, 0.15) is 37.8 Å². The average Bonchev–Trinajstić information content (AvgIpc) is 3.40. The minimum Gasteiger partial charge on any atom is -0.355 e. The topological polar surface area (TPSA) is 38.7 Å². The number of rotatable bonds is 2. The molecule has 1 aromatic heterocycles. The molecule has 0 N–H and O–H groups in total. The smallest absolute Gasteiger partial charge is 0.162 e. The van der Waals surface area contributed by atoms with Crippen molar-refractivity contribution in [1.29, 1.82) is 0 Å². The molecule has 0 spiro atoms. The first-order chi connectivity index (χ1) is 17.1. The quantitative estimate of drug-likeness (QED) is 0.502. The lowest BCUT2D eigenvalue weighted by molar-refractivity contribution is 0.379. The highest BCUT2D eigenvalue weighted by Crippen LogP contribution is 2.60. The number of hydrogen-bond acceptors (Lipinski definition) is 6. The molecule has 6 nitrogen and oxygen atoms in total. The van der Waals surface area contributed by atoms with Crippen molar-refractivity contribution < 1.29 is 0 Å². The molecule has 2 unspecified atom stereocenters. The summed E-state index contributed by atoms with van der Waals surface area (Å²) in [6.07, 6.45) is 10.2. The molecule has 35 heavy (non-hydrogen) atoms. The van der Waals surface area contributed by atoms with Crippen molar-refractivity contribution in [3.05, 3.63) is 90.2 Å². The first-order valence-electron chi connectivity index (χ1n) is 12.6. The van der Waals surface area contributed by atoms with Gasteiger partial charge in [0.1, 0.15) is 24.3 Å². The second kappa shape index (κ2) is 7.11. The number of nitrogens with zero attached hydrogens (tertiary/aromatic N) is 6. The van der Waals surface area contributed by atoms with Crippen LogP contribution in [-0.2, 0) is 5.41 Å². The van der Waals surface area contributed by atoms with Gasteiger partial charge in [0.05, 0.1) is 11.9 Å². The molecule has 4 aliphatic rings. The van der Waals surface area contributed by atoms with Crippen LogP contribution in [0.3, 0.4) is 0 Å². The van der Waals surface area contributed by atoms with Gasteiger partial charge in [0.25, 0.3) is 0 Å². The highest BCUT2D eigenvalue weighted by atomic mass is 15.5. The zero-order chi connectivity index (χ0) is 23.9. The molecule has 3 aromatic rings. The van der Waals surface area contributed by atoms with Gasteiger partial charge < -0.3 is 14.7 Å². The molecule has 7 rings (SSSR count). The van der Waals surface area contributed by atoms with Gasteiger partial charge in [-0.05, 0) is 36.1 Å². The SMILES string of the molecule is CCC1(CC)C2=C(C3N(C)C=CN3c3ccccc32)C2N(C)c3cncnc3N2c2ccccc21. The predicted octanol–water partition coefficient (Wildman–Crippen LogP) is 5.48. The molecule has 0 aliphatic carbocycles. The maximum Gasteiger partial charge on any atom is 0.162 e. The summed E-state index contributed by atoms with van der Waals surface area (Å²) >= 11 is 0. The number of allylic oxidation sites excluding steroid dienone is 1. The fraction of sp³-hybridized carbons (Fsp3) is 0.310. The normalized spacial score (nSPS) is 22.9. The van der Waals surface area contributed by atoms with E-state index in [0.717, 1.165) is 24.3 Å². The van der Waals surface area contributed by atoms with Crippen LogP contribution in [0.15, 0.2) is 79.0 Å². The van der Waals surface area contributed by atoms with Crippen LogP contribution in [0.2, 0.25) is 0 Å². The molecule has 2 aromatic carbocycles. The van der Waals surface area contributed by atoms with Crippen LogP contribution < -0.4 is 14.7 Å². The first-order valence-corrected chi connectivity index (χ1v) is 12.6. The van der Waals surface area contributed by atoms with Crippen LogP contribution in [-0.4, -0.2) is 41.3 Å². The van der Waals surface area contributed by atoms with Crippen molar-refractivity contribution in [2.45, 2.75) is 44.4 Å². The van der Waals surface area contributed by atoms with Crippen molar-refractivity contribution >= 4 is 28.5 Å². The maximum absolute atomic E-state index is 4.83. The van der Waals surface area contributed by atoms with Gasteiger partial charge in [-0.3, -0.25) is 4.90 Å². The molecule has 176 valence electrons. The molecular formula is C29H30N6. The predicted molar refractivity (Wildman–Crippen MR) is 142 cm³/mol. The lowest BCUT2D eigenvalue weighted by atomic mass is 9.65. The van der Waals surface area contributed by atoms with E-state index in [2.05, 4.69) is 113 Å². The van der Waals surface area contributed by atoms with E-state index >= 15 is 0 Å². The van der Waals surface area contributed by atoms with Gasteiger partial charge in [-0.15, -0.1) is 0 Å². The van der Waals surface area contributed by atoms with Crippen LogP contribution >= 0.6 is 0 Å². The summed E-state index contributed by atoms with van der Waals surface area (Å²) in [5, 5.41) is 0. The molecule has 6 heteroatoms. The highest BCUT2D eigenvalue weighted by molar-refractivity contribution is 5.96. The Hall–Kier alpha value is -3.80. The number of para-hydroxylation sites is 2. The van der Waals surface area contributed by atoms with Crippen LogP contribution in [0.25, 0.3) is 5.57 Å². The summed E-state index contributed by atoms with van der Waals surface area (Å²) in [7, 11) is 4.39. The Morgan fingerprint density at radius 1 is 0.857 bits per heavy atom. The molecular weight excluding hydrogens is 432 g/mol. The number of aromatic nitrogens is 2. The third-order valence-corrected chi connectivity index (χ3v) is 8.67. The lowest BCUT2D eigenvalue weighted by Crippen LogP contribution is -2.52. The number of likely N-dealkylation sites (N-methyl/N-ethyl adjacent to an activating group) is 2. The van der Waals surface area contributed by atoms with E-state index in [4.69, 9.17) is 4.98 Å². The Morgan fingerprint density at radius 2 is 1.60 bits per heavy atom. The van der Waals surface area contributed by atoms with Gasteiger partial charge in [0.2, 0.25) is 0 Å². The maximum atomic E-state index is 4.83. The Morgan fingerprint density at radius 3 is 2.40 bits per heavy atom. The lowest BCUT2D eigenvalue weighted by Gasteiger charge is -2.46. The molecule has 0 radical (unpaired) electrons. The van der Waals surface area contributed by atoms with Gasteiger partial charge in [-0.2, -0.15) is 0 Å².